The van der Waals surface area contributed by atoms with E-state index in [9.17, 15) is 4.79 Å². The Morgan fingerprint density at radius 2 is 2.40 bits per heavy atom. The fraction of sp³-hybridized carbons (Fsp3) is 0.300. The number of carbonyl (C=O) groups is 1. The van der Waals surface area contributed by atoms with Gasteiger partial charge in [0.25, 0.3) is 0 Å². The molecule has 1 aromatic rings. The highest BCUT2D eigenvalue weighted by molar-refractivity contribution is 9.10. The quantitative estimate of drug-likeness (QED) is 0.898. The van der Waals surface area contributed by atoms with Crippen LogP contribution in [0, 0.1) is 0 Å². The number of amides is 1. The maximum atomic E-state index is 10.9. The molecule has 0 saturated carbocycles. The fourth-order valence-electron chi connectivity index (χ4n) is 1.46. The number of cyclic esters (lactones) is 1. The Balaban J connectivity index is 2.22. The van der Waals surface area contributed by atoms with Crippen LogP contribution in [-0.4, -0.2) is 19.8 Å². The van der Waals surface area contributed by atoms with Gasteiger partial charge in [-0.05, 0) is 33.6 Å². The highest BCUT2D eigenvalue weighted by Gasteiger charge is 2.24. The van der Waals surface area contributed by atoms with Crippen molar-refractivity contribution >= 4 is 22.0 Å². The van der Waals surface area contributed by atoms with Crippen LogP contribution in [0.25, 0.3) is 0 Å². The Hall–Kier alpha value is -1.23. The second-order valence-corrected chi connectivity index (χ2v) is 4.04. The van der Waals surface area contributed by atoms with Crippen molar-refractivity contribution < 1.29 is 14.3 Å². The van der Waals surface area contributed by atoms with E-state index >= 15 is 0 Å². The van der Waals surface area contributed by atoms with E-state index in [1.807, 2.05) is 18.2 Å². The molecule has 0 aliphatic carbocycles. The molecule has 1 aliphatic rings. The molecule has 0 aromatic heterocycles. The zero-order chi connectivity index (χ0) is 10.8. The van der Waals surface area contributed by atoms with Crippen molar-refractivity contribution in [3.8, 4) is 5.75 Å². The summed E-state index contributed by atoms with van der Waals surface area (Å²) in [6.07, 6.45) is -0.369. The number of halogens is 1. The summed E-state index contributed by atoms with van der Waals surface area (Å²) in [5.41, 5.74) is 0.994. The summed E-state index contributed by atoms with van der Waals surface area (Å²) in [7, 11) is 1.61. The Morgan fingerprint density at radius 3 is 2.93 bits per heavy atom. The highest BCUT2D eigenvalue weighted by atomic mass is 79.9. The zero-order valence-electron chi connectivity index (χ0n) is 8.12. The van der Waals surface area contributed by atoms with Crippen LogP contribution in [0.4, 0.5) is 4.79 Å². The number of hydrogen-bond donors (Lipinski definition) is 1. The number of methoxy groups -OCH3 is 1. The van der Waals surface area contributed by atoms with Crippen molar-refractivity contribution in [3.05, 3.63) is 28.2 Å². The first-order valence-electron chi connectivity index (χ1n) is 4.47. The zero-order valence-corrected chi connectivity index (χ0v) is 9.71. The molecule has 0 unspecified atom stereocenters. The van der Waals surface area contributed by atoms with Crippen molar-refractivity contribution in [1.82, 2.24) is 5.32 Å². The van der Waals surface area contributed by atoms with Crippen LogP contribution >= 0.6 is 15.9 Å². The molecule has 1 saturated heterocycles. The number of hydrogen-bond acceptors (Lipinski definition) is 3. The van der Waals surface area contributed by atoms with Gasteiger partial charge in [-0.25, -0.2) is 4.79 Å². The van der Waals surface area contributed by atoms with Gasteiger partial charge in [-0.3, -0.25) is 0 Å². The second kappa shape index (κ2) is 4.10. The number of ether oxygens (including phenoxy) is 2. The van der Waals surface area contributed by atoms with E-state index in [1.165, 1.54) is 0 Å². The topological polar surface area (TPSA) is 47.6 Å². The Bertz CT molecular complexity index is 394. The number of rotatable bonds is 2. The smallest absolute Gasteiger partial charge is 0.407 e. The molecular formula is C10H10BrNO3. The van der Waals surface area contributed by atoms with Crippen LogP contribution in [0.15, 0.2) is 22.7 Å². The van der Waals surface area contributed by atoms with E-state index in [1.54, 1.807) is 7.11 Å². The van der Waals surface area contributed by atoms with Gasteiger partial charge in [0.05, 0.1) is 17.6 Å². The molecule has 1 N–H and O–H groups in total. The Kier molecular flexibility index (Phi) is 2.81. The van der Waals surface area contributed by atoms with Gasteiger partial charge in [0.1, 0.15) is 12.4 Å². The predicted molar refractivity (Wildman–Crippen MR) is 57.9 cm³/mol. The lowest BCUT2D eigenvalue weighted by molar-refractivity contribution is 0.177. The van der Waals surface area contributed by atoms with Crippen LogP contribution in [0.5, 0.6) is 5.75 Å². The maximum Gasteiger partial charge on any atom is 0.407 e. The molecule has 1 aromatic carbocycles. The highest BCUT2D eigenvalue weighted by Crippen LogP contribution is 2.29. The minimum Gasteiger partial charge on any atom is -0.496 e. The lowest BCUT2D eigenvalue weighted by Crippen LogP contribution is -2.18. The number of nitrogens with one attached hydrogen (secondary N) is 1. The van der Waals surface area contributed by atoms with Crippen LogP contribution < -0.4 is 10.1 Å². The molecule has 1 heterocycles. The van der Waals surface area contributed by atoms with Crippen LogP contribution in [-0.2, 0) is 4.74 Å². The largest absolute Gasteiger partial charge is 0.496 e. The summed E-state index contributed by atoms with van der Waals surface area (Å²) in [6, 6.07) is 5.60. The summed E-state index contributed by atoms with van der Waals surface area (Å²) < 4.78 is 10.8. The third kappa shape index (κ3) is 2.07. The first-order valence-corrected chi connectivity index (χ1v) is 5.26. The molecule has 0 radical (unpaired) electrons. The first kappa shape index (κ1) is 10.3. The van der Waals surface area contributed by atoms with Crippen LogP contribution in [0.3, 0.4) is 0 Å². The monoisotopic (exact) mass is 271 g/mol. The van der Waals surface area contributed by atoms with Crippen molar-refractivity contribution in [2.45, 2.75) is 6.04 Å². The average molecular weight is 272 g/mol. The van der Waals surface area contributed by atoms with E-state index in [-0.39, 0.29) is 12.1 Å². The summed E-state index contributed by atoms with van der Waals surface area (Å²) in [4.78, 5) is 10.9. The molecule has 80 valence electrons. The molecule has 1 amide bonds. The van der Waals surface area contributed by atoms with E-state index in [2.05, 4.69) is 21.2 Å². The summed E-state index contributed by atoms with van der Waals surface area (Å²) in [6.45, 7) is 0.373. The van der Waals surface area contributed by atoms with E-state index in [4.69, 9.17) is 9.47 Å². The number of benzene rings is 1. The van der Waals surface area contributed by atoms with Gasteiger partial charge < -0.3 is 14.8 Å². The SMILES string of the molecule is COc1ccc([C@H]2COC(=O)N2)cc1Br. The minimum absolute atomic E-state index is 0.0697. The standard InChI is InChI=1S/C10H10BrNO3/c1-14-9-3-2-6(4-7(9)11)8-5-15-10(13)12-8/h2-4,8H,5H2,1H3,(H,12,13)/t8-/m1/s1. The van der Waals surface area contributed by atoms with Gasteiger partial charge in [-0.15, -0.1) is 0 Å². The maximum absolute atomic E-state index is 10.9. The normalized spacial score (nSPS) is 19.6. The number of alkyl carbamates (subject to hydrolysis) is 1. The molecule has 2 rings (SSSR count). The lowest BCUT2D eigenvalue weighted by atomic mass is 10.1. The molecule has 0 bridgehead atoms. The van der Waals surface area contributed by atoms with Gasteiger partial charge in [-0.1, -0.05) is 6.07 Å². The minimum atomic E-state index is -0.369. The van der Waals surface area contributed by atoms with Gasteiger partial charge >= 0.3 is 6.09 Å². The third-order valence-corrected chi connectivity index (χ3v) is 2.87. The lowest BCUT2D eigenvalue weighted by Gasteiger charge is -2.10. The molecule has 1 aliphatic heterocycles. The van der Waals surface area contributed by atoms with E-state index in [0.717, 1.165) is 15.8 Å². The summed E-state index contributed by atoms with van der Waals surface area (Å²) in [5.74, 6) is 0.768. The second-order valence-electron chi connectivity index (χ2n) is 3.19. The molecule has 1 atom stereocenters. The molecular weight excluding hydrogens is 262 g/mol. The fourth-order valence-corrected chi connectivity index (χ4v) is 2.02. The predicted octanol–water partition coefficient (Wildman–Crippen LogP) is 2.24. The van der Waals surface area contributed by atoms with Crippen molar-refractivity contribution in [2.75, 3.05) is 13.7 Å². The average Bonchev–Trinajstić information content (AvgIpc) is 2.65. The molecule has 4 nitrogen and oxygen atoms in total. The van der Waals surface area contributed by atoms with Gasteiger partial charge in [-0.2, -0.15) is 0 Å². The molecule has 0 spiro atoms. The number of carbonyl (C=O) groups excluding carboxylic acids is 1. The third-order valence-electron chi connectivity index (χ3n) is 2.25. The van der Waals surface area contributed by atoms with Crippen LogP contribution in [0.2, 0.25) is 0 Å². The summed E-state index contributed by atoms with van der Waals surface area (Å²) >= 11 is 3.39. The van der Waals surface area contributed by atoms with Crippen molar-refractivity contribution in [2.24, 2.45) is 0 Å². The van der Waals surface area contributed by atoms with Gasteiger partial charge in [0.2, 0.25) is 0 Å². The summed E-state index contributed by atoms with van der Waals surface area (Å²) in [5, 5.41) is 2.71. The van der Waals surface area contributed by atoms with E-state index in [0.29, 0.717) is 6.61 Å². The van der Waals surface area contributed by atoms with Crippen LogP contribution in [0.1, 0.15) is 11.6 Å². The van der Waals surface area contributed by atoms with Gasteiger partial charge in [0, 0.05) is 0 Å². The molecule has 15 heavy (non-hydrogen) atoms. The molecule has 1 fully saturated rings. The van der Waals surface area contributed by atoms with E-state index < -0.39 is 0 Å². The molecule has 5 heteroatoms. The first-order chi connectivity index (χ1) is 7.20. The van der Waals surface area contributed by atoms with Crippen molar-refractivity contribution in [1.29, 1.82) is 0 Å². The van der Waals surface area contributed by atoms with Gasteiger partial charge in [0.15, 0.2) is 0 Å². The Morgan fingerprint density at radius 1 is 1.60 bits per heavy atom. The van der Waals surface area contributed by atoms with Crippen molar-refractivity contribution in [3.63, 3.8) is 0 Å². The Labute approximate surface area is 95.7 Å².